The molecule has 0 aliphatic carbocycles. The Morgan fingerprint density at radius 3 is 2.43 bits per heavy atom. The van der Waals surface area contributed by atoms with Crippen LogP contribution in [0.1, 0.15) is 5.56 Å². The van der Waals surface area contributed by atoms with Crippen LogP contribution in [0.25, 0.3) is 0 Å². The first-order valence-electron chi connectivity index (χ1n) is 6.23. The molecule has 5 nitrogen and oxygen atoms in total. The maximum atomic E-state index is 12.4. The fourth-order valence-electron chi connectivity index (χ4n) is 1.82. The van der Waals surface area contributed by atoms with Crippen LogP contribution in [-0.4, -0.2) is 27.5 Å². The van der Waals surface area contributed by atoms with E-state index in [0.29, 0.717) is 11.0 Å². The molecular formula is C14H16BrN3O2S. The van der Waals surface area contributed by atoms with E-state index in [1.165, 1.54) is 6.20 Å². The van der Waals surface area contributed by atoms with Crippen LogP contribution < -0.4 is 9.62 Å². The highest BCUT2D eigenvalue weighted by molar-refractivity contribution is 9.08. The Bertz CT molecular complexity index is 715. The van der Waals surface area contributed by atoms with Crippen LogP contribution in [-0.2, 0) is 15.4 Å². The Morgan fingerprint density at radius 1 is 1.19 bits per heavy atom. The maximum absolute atomic E-state index is 12.4. The van der Waals surface area contributed by atoms with Gasteiger partial charge in [0.1, 0.15) is 0 Å². The molecule has 1 aromatic heterocycles. The Kier molecular flexibility index (Phi) is 4.84. The summed E-state index contributed by atoms with van der Waals surface area (Å²) >= 11 is 3.33. The van der Waals surface area contributed by atoms with Crippen molar-refractivity contribution in [3.8, 4) is 0 Å². The summed E-state index contributed by atoms with van der Waals surface area (Å²) in [4.78, 5) is 6.02. The van der Waals surface area contributed by atoms with Crippen LogP contribution in [0.2, 0.25) is 0 Å². The van der Waals surface area contributed by atoms with E-state index in [-0.39, 0.29) is 4.90 Å². The third-order valence-corrected chi connectivity index (χ3v) is 4.94. The van der Waals surface area contributed by atoms with Crippen molar-refractivity contribution < 1.29 is 8.42 Å². The molecule has 0 spiro atoms. The second-order valence-corrected chi connectivity index (χ2v) is 6.91. The van der Waals surface area contributed by atoms with Crippen molar-refractivity contribution in [2.45, 2.75) is 10.2 Å². The lowest BCUT2D eigenvalue weighted by atomic mass is 10.2. The van der Waals surface area contributed by atoms with E-state index >= 15 is 0 Å². The topological polar surface area (TPSA) is 62.3 Å². The Labute approximate surface area is 133 Å². The molecule has 2 aromatic rings. The van der Waals surface area contributed by atoms with Crippen LogP contribution in [0.4, 0.5) is 11.4 Å². The molecule has 0 atom stereocenters. The highest BCUT2D eigenvalue weighted by Crippen LogP contribution is 2.25. The first-order valence-corrected chi connectivity index (χ1v) is 8.83. The van der Waals surface area contributed by atoms with Gasteiger partial charge < -0.3 is 4.90 Å². The Hall–Kier alpha value is -1.60. The molecule has 0 aliphatic rings. The first-order chi connectivity index (χ1) is 9.94. The van der Waals surface area contributed by atoms with Gasteiger partial charge in [0.25, 0.3) is 10.0 Å². The number of halogens is 1. The van der Waals surface area contributed by atoms with E-state index in [2.05, 4.69) is 25.6 Å². The van der Waals surface area contributed by atoms with Crippen molar-refractivity contribution in [1.29, 1.82) is 0 Å². The van der Waals surface area contributed by atoms with E-state index in [1.54, 1.807) is 36.5 Å². The fraction of sp³-hybridized carbons (Fsp3) is 0.214. The number of pyridine rings is 1. The van der Waals surface area contributed by atoms with Gasteiger partial charge in [-0.3, -0.25) is 9.71 Å². The zero-order chi connectivity index (χ0) is 15.5. The number of aromatic nitrogens is 1. The molecule has 1 aromatic carbocycles. The van der Waals surface area contributed by atoms with Crippen molar-refractivity contribution in [2.24, 2.45) is 0 Å². The minimum atomic E-state index is -3.63. The molecule has 7 heteroatoms. The molecule has 0 fully saturated rings. The second-order valence-electron chi connectivity index (χ2n) is 4.67. The van der Waals surface area contributed by atoms with Gasteiger partial charge in [-0.15, -0.1) is 0 Å². The Balaban J connectivity index is 2.33. The quantitative estimate of drug-likeness (QED) is 0.823. The van der Waals surface area contributed by atoms with Crippen LogP contribution in [0.15, 0.2) is 47.6 Å². The molecule has 0 saturated carbocycles. The summed E-state index contributed by atoms with van der Waals surface area (Å²) in [5.74, 6) is 0. The summed E-state index contributed by atoms with van der Waals surface area (Å²) in [5.41, 5.74) is 2.22. The number of benzene rings is 1. The molecule has 2 rings (SSSR count). The van der Waals surface area contributed by atoms with Gasteiger partial charge in [-0.25, -0.2) is 8.42 Å². The monoisotopic (exact) mass is 369 g/mol. The lowest BCUT2D eigenvalue weighted by Crippen LogP contribution is -2.17. The van der Waals surface area contributed by atoms with Gasteiger partial charge in [-0.1, -0.05) is 28.1 Å². The second kappa shape index (κ2) is 6.44. The highest BCUT2D eigenvalue weighted by Gasteiger charge is 2.16. The third kappa shape index (κ3) is 3.74. The van der Waals surface area contributed by atoms with Crippen LogP contribution >= 0.6 is 15.9 Å². The number of sulfonamides is 1. The molecular weight excluding hydrogens is 354 g/mol. The molecule has 0 bridgehead atoms. The summed E-state index contributed by atoms with van der Waals surface area (Å²) in [6.07, 6.45) is 3.12. The number of anilines is 2. The van der Waals surface area contributed by atoms with Crippen molar-refractivity contribution in [1.82, 2.24) is 4.98 Å². The molecule has 0 aliphatic heterocycles. The summed E-state index contributed by atoms with van der Waals surface area (Å²) in [6.45, 7) is 0. The summed E-state index contributed by atoms with van der Waals surface area (Å²) in [6, 6.07) is 8.49. The summed E-state index contributed by atoms with van der Waals surface area (Å²) < 4.78 is 27.4. The van der Waals surface area contributed by atoms with E-state index in [0.717, 1.165) is 11.3 Å². The van der Waals surface area contributed by atoms with Crippen molar-refractivity contribution in [2.75, 3.05) is 23.7 Å². The van der Waals surface area contributed by atoms with E-state index in [4.69, 9.17) is 0 Å². The van der Waals surface area contributed by atoms with Gasteiger partial charge in [-0.2, -0.15) is 0 Å². The molecule has 1 N–H and O–H groups in total. The largest absolute Gasteiger partial charge is 0.376 e. The minimum Gasteiger partial charge on any atom is -0.376 e. The van der Waals surface area contributed by atoms with Gasteiger partial charge >= 0.3 is 0 Å². The van der Waals surface area contributed by atoms with Gasteiger partial charge in [-0.05, 0) is 23.8 Å². The number of hydrogen-bond donors (Lipinski definition) is 1. The number of nitrogens with zero attached hydrogens (tertiary/aromatic N) is 2. The fourth-order valence-corrected chi connectivity index (χ4v) is 3.25. The molecule has 0 saturated heterocycles. The predicted octanol–water partition coefficient (Wildman–Crippen LogP) is 2.84. The van der Waals surface area contributed by atoms with Crippen LogP contribution in [0.5, 0.6) is 0 Å². The standard InChI is InChI=1S/C14H16BrN3O2S/c1-18(2)14-7-8-16-10-13(14)17-21(19,20)12-5-3-11(9-15)4-6-12/h3-8,10,17H,9H2,1-2H3. The molecule has 0 unspecified atom stereocenters. The molecule has 0 amide bonds. The SMILES string of the molecule is CN(C)c1ccncc1NS(=O)(=O)c1ccc(CBr)cc1. The van der Waals surface area contributed by atoms with Crippen molar-refractivity contribution in [3.05, 3.63) is 48.3 Å². The minimum absolute atomic E-state index is 0.223. The smallest absolute Gasteiger partial charge is 0.262 e. The van der Waals surface area contributed by atoms with Gasteiger partial charge in [0.2, 0.25) is 0 Å². The molecule has 21 heavy (non-hydrogen) atoms. The number of nitrogens with one attached hydrogen (secondary N) is 1. The number of alkyl halides is 1. The third-order valence-electron chi connectivity index (χ3n) is 2.91. The maximum Gasteiger partial charge on any atom is 0.262 e. The molecule has 1 heterocycles. The van der Waals surface area contributed by atoms with Crippen molar-refractivity contribution in [3.63, 3.8) is 0 Å². The summed E-state index contributed by atoms with van der Waals surface area (Å²) in [5, 5.41) is 0.689. The lowest BCUT2D eigenvalue weighted by molar-refractivity contribution is 0.601. The van der Waals surface area contributed by atoms with E-state index in [1.807, 2.05) is 19.0 Å². The van der Waals surface area contributed by atoms with E-state index in [9.17, 15) is 8.42 Å². The van der Waals surface area contributed by atoms with Gasteiger partial charge in [0, 0.05) is 25.6 Å². The summed E-state index contributed by atoms with van der Waals surface area (Å²) in [7, 11) is 0.0640. The zero-order valence-corrected chi connectivity index (χ0v) is 14.1. The first kappa shape index (κ1) is 15.8. The van der Waals surface area contributed by atoms with Crippen LogP contribution in [0.3, 0.4) is 0 Å². The molecule has 112 valence electrons. The highest BCUT2D eigenvalue weighted by atomic mass is 79.9. The number of hydrogen-bond acceptors (Lipinski definition) is 4. The van der Waals surface area contributed by atoms with E-state index < -0.39 is 10.0 Å². The average molecular weight is 370 g/mol. The average Bonchev–Trinajstić information content (AvgIpc) is 2.47. The zero-order valence-electron chi connectivity index (χ0n) is 11.7. The number of rotatable bonds is 5. The van der Waals surface area contributed by atoms with Gasteiger partial charge in [0.15, 0.2) is 0 Å². The Morgan fingerprint density at radius 2 is 1.86 bits per heavy atom. The molecule has 0 radical (unpaired) electrons. The van der Waals surface area contributed by atoms with Crippen molar-refractivity contribution >= 4 is 37.3 Å². The van der Waals surface area contributed by atoms with Crippen LogP contribution in [0, 0.1) is 0 Å². The predicted molar refractivity (Wildman–Crippen MR) is 88.4 cm³/mol. The normalized spacial score (nSPS) is 11.2. The van der Waals surface area contributed by atoms with Gasteiger partial charge in [0.05, 0.1) is 22.5 Å². The lowest BCUT2D eigenvalue weighted by Gasteiger charge is -2.17.